The van der Waals surface area contributed by atoms with Crippen molar-refractivity contribution in [3.05, 3.63) is 60.1 Å². The summed E-state index contributed by atoms with van der Waals surface area (Å²) >= 11 is 6.06. The van der Waals surface area contributed by atoms with Crippen LogP contribution < -0.4 is 16.0 Å². The van der Waals surface area contributed by atoms with Crippen LogP contribution in [-0.2, 0) is 9.59 Å². The van der Waals surface area contributed by atoms with Gasteiger partial charge < -0.3 is 16.0 Å². The van der Waals surface area contributed by atoms with Gasteiger partial charge in [-0.2, -0.15) is 5.10 Å². The van der Waals surface area contributed by atoms with Gasteiger partial charge in [-0.3, -0.25) is 9.59 Å². The van der Waals surface area contributed by atoms with E-state index in [9.17, 15) is 9.59 Å². The normalized spacial score (nSPS) is 10.6. The van der Waals surface area contributed by atoms with E-state index >= 15 is 0 Å². The lowest BCUT2D eigenvalue weighted by Gasteiger charge is -2.13. The molecule has 150 valence electrons. The number of carbonyl (C=O) groups is 2. The molecule has 2 amide bonds. The summed E-state index contributed by atoms with van der Waals surface area (Å²) in [6, 6.07) is 12.3. The Bertz CT molecular complexity index is 987. The van der Waals surface area contributed by atoms with Gasteiger partial charge in [0.1, 0.15) is 12.7 Å². The van der Waals surface area contributed by atoms with Crippen molar-refractivity contribution in [2.75, 3.05) is 22.5 Å². The van der Waals surface area contributed by atoms with Crippen LogP contribution >= 0.6 is 11.6 Å². The molecule has 0 unspecified atom stereocenters. The van der Waals surface area contributed by atoms with E-state index in [0.717, 1.165) is 5.69 Å². The lowest BCUT2D eigenvalue weighted by atomic mass is 10.2. The molecule has 0 bridgehead atoms. The van der Waals surface area contributed by atoms with Crippen LogP contribution in [0.15, 0.2) is 55.1 Å². The third kappa shape index (κ3) is 5.55. The Morgan fingerprint density at radius 1 is 1.07 bits per heavy atom. The molecule has 0 atom stereocenters. The third-order valence-corrected chi connectivity index (χ3v) is 4.26. The molecule has 2 aromatic carbocycles. The molecule has 29 heavy (non-hydrogen) atoms. The second kappa shape index (κ2) is 9.20. The lowest BCUT2D eigenvalue weighted by molar-refractivity contribution is -0.119. The number of benzene rings is 2. The molecule has 0 saturated carbocycles. The number of anilines is 3. The molecule has 1 heterocycles. The molecule has 0 fully saturated rings. The van der Waals surface area contributed by atoms with Gasteiger partial charge in [-0.1, -0.05) is 25.4 Å². The molecule has 0 spiro atoms. The summed E-state index contributed by atoms with van der Waals surface area (Å²) in [5, 5.41) is 13.3. The molecule has 0 aliphatic carbocycles. The number of nitrogens with zero attached hydrogens (tertiary/aromatic N) is 3. The Morgan fingerprint density at radius 3 is 2.45 bits per heavy atom. The van der Waals surface area contributed by atoms with E-state index in [4.69, 9.17) is 11.6 Å². The smallest absolute Gasteiger partial charge is 0.243 e. The van der Waals surface area contributed by atoms with E-state index in [2.05, 4.69) is 26.0 Å². The van der Waals surface area contributed by atoms with Gasteiger partial charge in [0, 0.05) is 22.3 Å². The summed E-state index contributed by atoms with van der Waals surface area (Å²) in [6.07, 6.45) is 2.95. The second-order valence-corrected chi connectivity index (χ2v) is 7.06. The highest BCUT2D eigenvalue weighted by Crippen LogP contribution is 2.24. The van der Waals surface area contributed by atoms with Crippen molar-refractivity contribution in [1.29, 1.82) is 0 Å². The fourth-order valence-corrected chi connectivity index (χ4v) is 2.65. The SMILES string of the molecule is CC(C)C(=O)Nc1ccc(NCC(=O)Nc2cc(Cl)ccc2-n2cncn2)cc1. The summed E-state index contributed by atoms with van der Waals surface area (Å²) in [5.74, 6) is -0.383. The van der Waals surface area contributed by atoms with Crippen LogP contribution in [0.25, 0.3) is 5.69 Å². The molecule has 0 saturated heterocycles. The zero-order valence-electron chi connectivity index (χ0n) is 16.0. The standard InChI is InChI=1S/C20H21ClN6O2/c1-13(2)20(29)25-16-6-4-15(5-7-16)23-10-19(28)26-17-9-14(21)3-8-18(17)27-12-22-11-24-27/h3-9,11-13,23H,10H2,1-2H3,(H,25,29)(H,26,28). The first-order valence-corrected chi connectivity index (χ1v) is 9.39. The van der Waals surface area contributed by atoms with Crippen LogP contribution in [0.5, 0.6) is 0 Å². The molecule has 0 aliphatic heterocycles. The van der Waals surface area contributed by atoms with Gasteiger partial charge in [-0.15, -0.1) is 0 Å². The molecule has 8 nitrogen and oxygen atoms in total. The lowest BCUT2D eigenvalue weighted by Crippen LogP contribution is -2.22. The van der Waals surface area contributed by atoms with Crippen molar-refractivity contribution in [2.24, 2.45) is 5.92 Å². The zero-order valence-corrected chi connectivity index (χ0v) is 16.8. The maximum atomic E-state index is 12.4. The summed E-state index contributed by atoms with van der Waals surface area (Å²) in [5.41, 5.74) is 2.65. The van der Waals surface area contributed by atoms with Gasteiger partial charge in [0.05, 0.1) is 17.9 Å². The highest BCUT2D eigenvalue weighted by Gasteiger charge is 2.11. The van der Waals surface area contributed by atoms with E-state index in [1.54, 1.807) is 47.1 Å². The van der Waals surface area contributed by atoms with Crippen LogP contribution in [0, 0.1) is 5.92 Å². The fraction of sp³-hybridized carbons (Fsp3) is 0.200. The molecule has 3 N–H and O–H groups in total. The van der Waals surface area contributed by atoms with E-state index < -0.39 is 0 Å². The predicted molar refractivity (Wildman–Crippen MR) is 113 cm³/mol. The van der Waals surface area contributed by atoms with Crippen molar-refractivity contribution in [3.63, 3.8) is 0 Å². The average molecular weight is 413 g/mol. The highest BCUT2D eigenvalue weighted by atomic mass is 35.5. The number of carbonyl (C=O) groups excluding carboxylic acids is 2. The Hall–Kier alpha value is -3.39. The van der Waals surface area contributed by atoms with Gasteiger partial charge in [0.25, 0.3) is 0 Å². The number of amides is 2. The van der Waals surface area contributed by atoms with E-state index in [0.29, 0.717) is 22.1 Å². The highest BCUT2D eigenvalue weighted by molar-refractivity contribution is 6.31. The van der Waals surface area contributed by atoms with E-state index in [-0.39, 0.29) is 24.3 Å². The quantitative estimate of drug-likeness (QED) is 0.550. The maximum Gasteiger partial charge on any atom is 0.243 e. The number of rotatable bonds is 7. The van der Waals surface area contributed by atoms with Gasteiger partial charge in [-0.05, 0) is 42.5 Å². The minimum atomic E-state index is -0.245. The molecule has 3 rings (SSSR count). The van der Waals surface area contributed by atoms with E-state index in [1.807, 2.05) is 13.8 Å². The molecular formula is C20H21ClN6O2. The van der Waals surface area contributed by atoms with Gasteiger partial charge >= 0.3 is 0 Å². The van der Waals surface area contributed by atoms with Gasteiger partial charge in [-0.25, -0.2) is 9.67 Å². The Kier molecular flexibility index (Phi) is 6.46. The molecule has 1 aromatic heterocycles. The largest absolute Gasteiger partial charge is 0.376 e. The van der Waals surface area contributed by atoms with E-state index in [1.165, 1.54) is 12.7 Å². The van der Waals surface area contributed by atoms with Crippen LogP contribution in [0.1, 0.15) is 13.8 Å². The first-order chi connectivity index (χ1) is 13.9. The molecule has 0 radical (unpaired) electrons. The van der Waals surface area contributed by atoms with Crippen LogP contribution in [0.3, 0.4) is 0 Å². The summed E-state index contributed by atoms with van der Waals surface area (Å²) < 4.78 is 1.55. The fourth-order valence-electron chi connectivity index (χ4n) is 2.48. The summed E-state index contributed by atoms with van der Waals surface area (Å²) in [4.78, 5) is 28.0. The molecule has 9 heteroatoms. The average Bonchev–Trinajstić information content (AvgIpc) is 3.22. The topological polar surface area (TPSA) is 101 Å². The Balaban J connectivity index is 1.59. The minimum absolute atomic E-state index is 0.0465. The van der Waals surface area contributed by atoms with Gasteiger partial charge in [0.15, 0.2) is 0 Å². The Morgan fingerprint density at radius 2 is 1.79 bits per heavy atom. The van der Waals surface area contributed by atoms with Crippen molar-refractivity contribution in [1.82, 2.24) is 14.8 Å². The van der Waals surface area contributed by atoms with Crippen molar-refractivity contribution < 1.29 is 9.59 Å². The number of halogens is 1. The maximum absolute atomic E-state index is 12.4. The van der Waals surface area contributed by atoms with Crippen LogP contribution in [0.2, 0.25) is 5.02 Å². The van der Waals surface area contributed by atoms with Crippen LogP contribution in [0.4, 0.5) is 17.1 Å². The number of aromatic nitrogens is 3. The first kappa shape index (κ1) is 20.3. The molecular weight excluding hydrogens is 392 g/mol. The summed E-state index contributed by atoms with van der Waals surface area (Å²) in [6.45, 7) is 3.72. The number of nitrogens with one attached hydrogen (secondary N) is 3. The predicted octanol–water partition coefficient (Wildman–Crippen LogP) is 3.57. The minimum Gasteiger partial charge on any atom is -0.376 e. The second-order valence-electron chi connectivity index (χ2n) is 6.62. The monoisotopic (exact) mass is 412 g/mol. The number of hydrogen-bond acceptors (Lipinski definition) is 5. The molecule has 3 aromatic rings. The zero-order chi connectivity index (χ0) is 20.8. The van der Waals surface area contributed by atoms with Crippen molar-refractivity contribution >= 4 is 40.5 Å². The third-order valence-electron chi connectivity index (χ3n) is 4.03. The molecule has 0 aliphatic rings. The van der Waals surface area contributed by atoms with Crippen LogP contribution in [-0.4, -0.2) is 33.1 Å². The van der Waals surface area contributed by atoms with Crippen molar-refractivity contribution in [2.45, 2.75) is 13.8 Å². The number of hydrogen-bond donors (Lipinski definition) is 3. The van der Waals surface area contributed by atoms with Crippen molar-refractivity contribution in [3.8, 4) is 5.69 Å². The summed E-state index contributed by atoms with van der Waals surface area (Å²) in [7, 11) is 0. The first-order valence-electron chi connectivity index (χ1n) is 9.01. The Labute approximate surface area is 173 Å². The van der Waals surface area contributed by atoms with Gasteiger partial charge in [0.2, 0.25) is 11.8 Å².